The molecule has 4 heteroatoms. The second kappa shape index (κ2) is 8.50. The van der Waals surface area contributed by atoms with E-state index in [9.17, 15) is 4.79 Å². The van der Waals surface area contributed by atoms with Gasteiger partial charge in [0.15, 0.2) is 5.78 Å². The maximum Gasteiger partial charge on any atom is 0.165 e. The van der Waals surface area contributed by atoms with E-state index < -0.39 is 0 Å². The van der Waals surface area contributed by atoms with E-state index in [2.05, 4.69) is 33.7 Å². The minimum atomic E-state index is 0.276. The van der Waals surface area contributed by atoms with Crippen LogP contribution in [0.1, 0.15) is 41.6 Å². The first kappa shape index (κ1) is 19.2. The van der Waals surface area contributed by atoms with Gasteiger partial charge in [-0.2, -0.15) is 0 Å². The number of ketones is 1. The molecule has 1 aliphatic rings. The van der Waals surface area contributed by atoms with Gasteiger partial charge in [0.2, 0.25) is 0 Å². The molecule has 0 N–H and O–H groups in total. The maximum absolute atomic E-state index is 12.8. The normalized spacial score (nSPS) is 15.9. The van der Waals surface area contributed by atoms with Crippen molar-refractivity contribution in [3.05, 3.63) is 70.9 Å². The van der Waals surface area contributed by atoms with E-state index in [0.717, 1.165) is 47.5 Å². The molecule has 1 saturated heterocycles. The minimum absolute atomic E-state index is 0.276. The van der Waals surface area contributed by atoms with E-state index in [-0.39, 0.29) is 5.78 Å². The molecule has 3 aromatic rings. The van der Waals surface area contributed by atoms with Gasteiger partial charge in [-0.15, -0.1) is 0 Å². The Kier molecular flexibility index (Phi) is 5.84. The van der Waals surface area contributed by atoms with Gasteiger partial charge in [0.1, 0.15) is 0 Å². The molecular formula is C24H27ClN2O. The van der Waals surface area contributed by atoms with Gasteiger partial charge < -0.3 is 4.57 Å². The highest BCUT2D eigenvalue weighted by atomic mass is 35.5. The van der Waals surface area contributed by atoms with Crippen molar-refractivity contribution in [1.29, 1.82) is 0 Å². The largest absolute Gasteiger partial charge is 0.350 e. The fourth-order valence-electron chi connectivity index (χ4n) is 4.36. The first-order valence-electron chi connectivity index (χ1n) is 10.1. The zero-order valence-electron chi connectivity index (χ0n) is 16.4. The zero-order chi connectivity index (χ0) is 19.5. The molecule has 0 aliphatic carbocycles. The highest BCUT2D eigenvalue weighted by Crippen LogP contribution is 2.26. The summed E-state index contributed by atoms with van der Waals surface area (Å²) in [7, 11) is 2.01. The summed E-state index contributed by atoms with van der Waals surface area (Å²) in [6.07, 6.45) is 5.97. The third-order valence-corrected chi connectivity index (χ3v) is 6.21. The summed E-state index contributed by atoms with van der Waals surface area (Å²) in [5, 5.41) is 1.88. The maximum atomic E-state index is 12.8. The van der Waals surface area contributed by atoms with Gasteiger partial charge in [-0.3, -0.25) is 9.69 Å². The van der Waals surface area contributed by atoms with Crippen LogP contribution in [0.3, 0.4) is 0 Å². The number of halogens is 1. The summed E-state index contributed by atoms with van der Waals surface area (Å²) < 4.78 is 2.05. The van der Waals surface area contributed by atoms with E-state index in [1.165, 1.54) is 18.4 Å². The van der Waals surface area contributed by atoms with E-state index in [1.54, 1.807) is 0 Å². The third kappa shape index (κ3) is 4.31. The Hall–Kier alpha value is -2.10. The van der Waals surface area contributed by atoms with Crippen molar-refractivity contribution in [2.45, 2.75) is 32.2 Å². The van der Waals surface area contributed by atoms with Crippen LogP contribution in [0.4, 0.5) is 0 Å². The number of benzene rings is 2. The van der Waals surface area contributed by atoms with Crippen molar-refractivity contribution in [2.24, 2.45) is 13.0 Å². The second-order valence-electron chi connectivity index (χ2n) is 7.98. The predicted molar refractivity (Wildman–Crippen MR) is 116 cm³/mol. The summed E-state index contributed by atoms with van der Waals surface area (Å²) in [6, 6.07) is 16.3. The van der Waals surface area contributed by atoms with Crippen molar-refractivity contribution in [2.75, 3.05) is 13.1 Å². The van der Waals surface area contributed by atoms with Gasteiger partial charge >= 0.3 is 0 Å². The third-order valence-electron chi connectivity index (χ3n) is 5.98. The SMILES string of the molecule is Cn1cc(C(=O)CCC2CCN(Cc3cccc(Cl)c3)CC2)c2ccccc21. The first-order chi connectivity index (χ1) is 13.6. The lowest BCUT2D eigenvalue weighted by molar-refractivity contribution is 0.0963. The summed E-state index contributed by atoms with van der Waals surface area (Å²) in [6.45, 7) is 3.15. The smallest absolute Gasteiger partial charge is 0.165 e. The van der Waals surface area contributed by atoms with Crippen LogP contribution in [-0.4, -0.2) is 28.3 Å². The number of nitrogens with zero attached hydrogens (tertiary/aromatic N) is 2. The van der Waals surface area contributed by atoms with Crippen molar-refractivity contribution in [3.8, 4) is 0 Å². The summed E-state index contributed by atoms with van der Waals surface area (Å²) in [5.41, 5.74) is 3.27. The van der Waals surface area contributed by atoms with Crippen LogP contribution < -0.4 is 0 Å². The summed E-state index contributed by atoms with van der Waals surface area (Å²) in [5.74, 6) is 0.924. The molecule has 0 bridgehead atoms. The molecule has 1 fully saturated rings. The molecule has 4 rings (SSSR count). The molecule has 1 aromatic heterocycles. The van der Waals surface area contributed by atoms with Crippen molar-refractivity contribution < 1.29 is 4.79 Å². The Bertz CT molecular complexity index is 970. The number of rotatable bonds is 6. The van der Waals surface area contributed by atoms with Crippen LogP contribution >= 0.6 is 11.6 Å². The topological polar surface area (TPSA) is 25.2 Å². The van der Waals surface area contributed by atoms with Gasteiger partial charge in [0, 0.05) is 47.7 Å². The number of piperidine rings is 1. The highest BCUT2D eigenvalue weighted by molar-refractivity contribution is 6.30. The molecule has 146 valence electrons. The fourth-order valence-corrected chi connectivity index (χ4v) is 4.57. The number of para-hydroxylation sites is 1. The molecule has 0 amide bonds. The number of aryl methyl sites for hydroxylation is 1. The minimum Gasteiger partial charge on any atom is -0.350 e. The van der Waals surface area contributed by atoms with Crippen molar-refractivity contribution in [1.82, 2.24) is 9.47 Å². The molecule has 0 saturated carbocycles. The Labute approximate surface area is 171 Å². The number of fused-ring (bicyclic) bond motifs is 1. The van der Waals surface area contributed by atoms with Crippen molar-refractivity contribution >= 4 is 28.3 Å². The van der Waals surface area contributed by atoms with E-state index in [0.29, 0.717) is 12.3 Å². The van der Waals surface area contributed by atoms with E-state index in [4.69, 9.17) is 11.6 Å². The van der Waals surface area contributed by atoms with Crippen LogP contribution in [0.25, 0.3) is 10.9 Å². The standard InChI is InChI=1S/C24H27ClN2O/c1-26-17-22(21-7-2-3-8-23(21)26)24(28)10-9-18-11-13-27(14-12-18)16-19-5-4-6-20(25)15-19/h2-8,15,17-18H,9-14,16H2,1H3. The molecule has 0 spiro atoms. The number of hydrogen-bond donors (Lipinski definition) is 0. The van der Waals surface area contributed by atoms with Crippen LogP contribution in [0.15, 0.2) is 54.7 Å². The Morgan fingerprint density at radius 2 is 1.89 bits per heavy atom. The molecule has 28 heavy (non-hydrogen) atoms. The van der Waals surface area contributed by atoms with E-state index in [1.807, 2.05) is 37.5 Å². The van der Waals surface area contributed by atoms with Crippen LogP contribution in [0.5, 0.6) is 0 Å². The molecule has 0 atom stereocenters. The molecule has 1 aliphatic heterocycles. The average molecular weight is 395 g/mol. The number of hydrogen-bond acceptors (Lipinski definition) is 2. The predicted octanol–water partition coefficient (Wildman–Crippen LogP) is 5.71. The van der Waals surface area contributed by atoms with Gasteiger partial charge in [-0.1, -0.05) is 41.9 Å². The van der Waals surface area contributed by atoms with E-state index >= 15 is 0 Å². The van der Waals surface area contributed by atoms with Crippen LogP contribution in [0.2, 0.25) is 5.02 Å². The quantitative estimate of drug-likeness (QED) is 0.500. The van der Waals surface area contributed by atoms with Gasteiger partial charge in [0.05, 0.1) is 0 Å². The average Bonchev–Trinajstić information content (AvgIpc) is 3.04. The molecule has 3 nitrogen and oxygen atoms in total. The first-order valence-corrected chi connectivity index (χ1v) is 10.5. The number of carbonyl (C=O) groups is 1. The Morgan fingerprint density at radius 3 is 2.68 bits per heavy atom. The molecular weight excluding hydrogens is 368 g/mol. The number of likely N-dealkylation sites (tertiary alicyclic amines) is 1. The monoisotopic (exact) mass is 394 g/mol. The van der Waals surface area contributed by atoms with Crippen LogP contribution in [0, 0.1) is 5.92 Å². The summed E-state index contributed by atoms with van der Waals surface area (Å²) in [4.78, 5) is 15.3. The fraction of sp³-hybridized carbons (Fsp3) is 0.375. The van der Waals surface area contributed by atoms with Crippen molar-refractivity contribution in [3.63, 3.8) is 0 Å². The Morgan fingerprint density at radius 1 is 1.11 bits per heavy atom. The van der Waals surface area contributed by atoms with Crippen LogP contribution in [-0.2, 0) is 13.6 Å². The number of aromatic nitrogens is 1. The second-order valence-corrected chi connectivity index (χ2v) is 8.42. The lowest BCUT2D eigenvalue weighted by atomic mass is 9.90. The molecule has 0 radical (unpaired) electrons. The van der Waals surface area contributed by atoms with Gasteiger partial charge in [0.25, 0.3) is 0 Å². The number of carbonyl (C=O) groups excluding carboxylic acids is 1. The van der Waals surface area contributed by atoms with Gasteiger partial charge in [-0.05, 0) is 62.0 Å². The molecule has 2 aromatic carbocycles. The molecule has 0 unspecified atom stereocenters. The Balaban J connectivity index is 1.29. The summed E-state index contributed by atoms with van der Waals surface area (Å²) >= 11 is 6.09. The number of Topliss-reactive ketones (excluding diaryl/α,β-unsaturated/α-hetero) is 1. The molecule has 2 heterocycles. The lowest BCUT2D eigenvalue weighted by Crippen LogP contribution is -2.33. The zero-order valence-corrected chi connectivity index (χ0v) is 17.2. The lowest BCUT2D eigenvalue weighted by Gasteiger charge is -2.32. The van der Waals surface area contributed by atoms with Gasteiger partial charge in [-0.25, -0.2) is 0 Å². The highest BCUT2D eigenvalue weighted by Gasteiger charge is 2.21.